The summed E-state index contributed by atoms with van der Waals surface area (Å²) in [6, 6.07) is 0. The summed E-state index contributed by atoms with van der Waals surface area (Å²) in [6.07, 6.45) is 8.32. The number of aromatic nitrogens is 1. The Morgan fingerprint density at radius 2 is 2.14 bits per heavy atom. The molecule has 2 fully saturated rings. The number of piperidine rings is 1. The van der Waals surface area contributed by atoms with E-state index in [9.17, 15) is 0 Å². The number of aliphatic imine (C=N–C) groups is 1. The zero-order chi connectivity index (χ0) is 19.6. The normalized spacial score (nSPS) is 21.1. The van der Waals surface area contributed by atoms with Gasteiger partial charge in [0.15, 0.2) is 5.96 Å². The minimum atomic E-state index is 0. The molecule has 3 heterocycles. The maximum atomic E-state index is 6.14. The number of nitrogens with zero attached hydrogens (tertiary/aromatic N) is 3. The topological polar surface area (TPSA) is 59.0 Å². The summed E-state index contributed by atoms with van der Waals surface area (Å²) in [6.45, 7) is 9.61. The fraction of sp³-hybridized carbons (Fsp3) is 0.810. The van der Waals surface area contributed by atoms with Gasteiger partial charge in [0, 0.05) is 44.6 Å². The van der Waals surface area contributed by atoms with Crippen molar-refractivity contribution in [2.45, 2.75) is 71.0 Å². The number of guanidine groups is 1. The van der Waals surface area contributed by atoms with Crippen molar-refractivity contribution in [2.24, 2.45) is 4.99 Å². The van der Waals surface area contributed by atoms with Crippen LogP contribution < -0.4 is 5.32 Å². The third kappa shape index (κ3) is 8.30. The Labute approximate surface area is 196 Å². The average molecular weight is 537 g/mol. The number of nitrogens with one attached hydrogen (secondary N) is 1. The van der Waals surface area contributed by atoms with Crippen LogP contribution in [0.15, 0.2) is 10.4 Å². The van der Waals surface area contributed by atoms with Crippen LogP contribution in [0, 0.1) is 0 Å². The van der Waals surface area contributed by atoms with Crippen LogP contribution in [0.4, 0.5) is 0 Å². The average Bonchev–Trinajstić information content (AvgIpc) is 3.21. The molecule has 0 amide bonds. The van der Waals surface area contributed by atoms with Gasteiger partial charge in [0.1, 0.15) is 0 Å². The van der Waals surface area contributed by atoms with Gasteiger partial charge in [0.25, 0.3) is 0 Å². The fourth-order valence-electron chi connectivity index (χ4n) is 3.74. The smallest absolute Gasteiger partial charge is 0.193 e. The van der Waals surface area contributed by atoms with Gasteiger partial charge in [-0.1, -0.05) is 6.92 Å². The Morgan fingerprint density at radius 3 is 2.79 bits per heavy atom. The molecule has 29 heavy (non-hydrogen) atoms. The summed E-state index contributed by atoms with van der Waals surface area (Å²) >= 11 is 1.75. The zero-order valence-electron chi connectivity index (χ0n) is 17.9. The van der Waals surface area contributed by atoms with E-state index in [4.69, 9.17) is 14.5 Å². The molecule has 2 aliphatic rings. The van der Waals surface area contributed by atoms with Gasteiger partial charge in [-0.3, -0.25) is 4.99 Å². The van der Waals surface area contributed by atoms with Crippen LogP contribution >= 0.6 is 35.3 Å². The van der Waals surface area contributed by atoms with E-state index in [-0.39, 0.29) is 24.0 Å². The highest BCUT2D eigenvalue weighted by Crippen LogP contribution is 2.18. The van der Waals surface area contributed by atoms with Crippen molar-refractivity contribution in [3.8, 4) is 0 Å². The Balaban J connectivity index is 0.00000300. The first-order chi connectivity index (χ1) is 13.8. The first-order valence-electron chi connectivity index (χ1n) is 11.0. The minimum Gasteiger partial charge on any atom is -0.376 e. The lowest BCUT2D eigenvalue weighted by Crippen LogP contribution is -2.47. The fourth-order valence-corrected chi connectivity index (χ4v) is 4.52. The van der Waals surface area contributed by atoms with E-state index < -0.39 is 0 Å². The molecular formula is C21H37IN4O2S. The van der Waals surface area contributed by atoms with Crippen LogP contribution in [0.3, 0.4) is 0 Å². The van der Waals surface area contributed by atoms with Crippen molar-refractivity contribution in [3.05, 3.63) is 16.1 Å². The summed E-state index contributed by atoms with van der Waals surface area (Å²) in [7, 11) is 0. The lowest BCUT2D eigenvalue weighted by molar-refractivity contribution is -0.0721. The van der Waals surface area contributed by atoms with Gasteiger partial charge in [-0.2, -0.15) is 0 Å². The molecule has 0 saturated carbocycles. The number of aryl methyl sites for hydroxylation is 1. The molecule has 1 N–H and O–H groups in total. The van der Waals surface area contributed by atoms with Crippen molar-refractivity contribution in [3.63, 3.8) is 0 Å². The summed E-state index contributed by atoms with van der Waals surface area (Å²) in [4.78, 5) is 11.9. The van der Waals surface area contributed by atoms with Crippen LogP contribution in [0.1, 0.15) is 56.7 Å². The number of rotatable bonds is 8. The highest BCUT2D eigenvalue weighted by atomic mass is 127. The molecular weight excluding hydrogens is 499 g/mol. The molecule has 1 aromatic rings. The predicted molar refractivity (Wildman–Crippen MR) is 131 cm³/mol. The largest absolute Gasteiger partial charge is 0.376 e. The Hall–Kier alpha value is -0.450. The van der Waals surface area contributed by atoms with Crippen molar-refractivity contribution in [1.82, 2.24) is 15.2 Å². The second-order valence-corrected chi connectivity index (χ2v) is 8.52. The van der Waals surface area contributed by atoms with Gasteiger partial charge in [-0.25, -0.2) is 4.98 Å². The molecule has 0 aliphatic carbocycles. The van der Waals surface area contributed by atoms with E-state index in [2.05, 4.69) is 34.4 Å². The molecule has 3 rings (SSSR count). The highest BCUT2D eigenvalue weighted by Gasteiger charge is 2.23. The van der Waals surface area contributed by atoms with Crippen LogP contribution in [0.25, 0.3) is 0 Å². The standard InChI is InChI=1S/C21H36N4O2S.HI/c1-3-20-24-17(16-28-20)8-11-23-21(22-4-2)25-12-9-18(10-13-25)27-15-19-7-5-6-14-26-19;/h16,18-19H,3-15H2,1-2H3,(H,22,23);1H. The SMILES string of the molecule is CCNC(=NCCc1csc(CC)n1)N1CCC(OCC2CCCCO2)CC1.I. The Kier molecular flexibility index (Phi) is 11.8. The first kappa shape index (κ1) is 24.8. The molecule has 0 aromatic carbocycles. The van der Waals surface area contributed by atoms with Crippen molar-refractivity contribution < 1.29 is 9.47 Å². The number of likely N-dealkylation sites (tertiary alicyclic amines) is 1. The van der Waals surface area contributed by atoms with Gasteiger partial charge < -0.3 is 19.7 Å². The number of hydrogen-bond donors (Lipinski definition) is 1. The van der Waals surface area contributed by atoms with Crippen molar-refractivity contribution in [1.29, 1.82) is 0 Å². The lowest BCUT2D eigenvalue weighted by atomic mass is 10.1. The molecule has 0 spiro atoms. The zero-order valence-corrected chi connectivity index (χ0v) is 21.0. The van der Waals surface area contributed by atoms with Gasteiger partial charge in [-0.05, 0) is 45.4 Å². The third-order valence-electron chi connectivity index (χ3n) is 5.40. The molecule has 1 unspecified atom stereocenters. The van der Waals surface area contributed by atoms with Crippen LogP contribution in [-0.2, 0) is 22.3 Å². The molecule has 1 aromatic heterocycles. The second-order valence-electron chi connectivity index (χ2n) is 7.58. The summed E-state index contributed by atoms with van der Waals surface area (Å²) in [5, 5.41) is 6.83. The van der Waals surface area contributed by atoms with Gasteiger partial charge >= 0.3 is 0 Å². The summed E-state index contributed by atoms with van der Waals surface area (Å²) in [5.74, 6) is 1.03. The number of thiazole rings is 1. The summed E-state index contributed by atoms with van der Waals surface area (Å²) in [5.41, 5.74) is 1.17. The highest BCUT2D eigenvalue weighted by molar-refractivity contribution is 14.0. The van der Waals surface area contributed by atoms with Gasteiger partial charge in [0.05, 0.1) is 29.5 Å². The van der Waals surface area contributed by atoms with E-state index in [1.807, 2.05) is 0 Å². The van der Waals surface area contributed by atoms with E-state index in [1.165, 1.54) is 23.5 Å². The van der Waals surface area contributed by atoms with Crippen LogP contribution in [0.2, 0.25) is 0 Å². The molecule has 1 atom stereocenters. The van der Waals surface area contributed by atoms with Crippen molar-refractivity contribution >= 4 is 41.3 Å². The summed E-state index contributed by atoms with van der Waals surface area (Å²) < 4.78 is 11.9. The molecule has 0 radical (unpaired) electrons. The number of halogens is 1. The first-order valence-corrected chi connectivity index (χ1v) is 11.9. The lowest BCUT2D eigenvalue weighted by Gasteiger charge is -2.35. The molecule has 2 aliphatic heterocycles. The number of hydrogen-bond acceptors (Lipinski definition) is 5. The molecule has 6 nitrogen and oxygen atoms in total. The molecule has 8 heteroatoms. The molecule has 2 saturated heterocycles. The molecule has 0 bridgehead atoms. The van der Waals surface area contributed by atoms with E-state index in [1.54, 1.807) is 11.3 Å². The van der Waals surface area contributed by atoms with E-state index in [0.717, 1.165) is 77.5 Å². The van der Waals surface area contributed by atoms with E-state index in [0.29, 0.717) is 12.2 Å². The predicted octanol–water partition coefficient (Wildman–Crippen LogP) is 3.88. The Bertz CT molecular complexity index is 599. The van der Waals surface area contributed by atoms with Crippen molar-refractivity contribution in [2.75, 3.05) is 39.4 Å². The molecule has 166 valence electrons. The monoisotopic (exact) mass is 536 g/mol. The van der Waals surface area contributed by atoms with Gasteiger partial charge in [-0.15, -0.1) is 35.3 Å². The third-order valence-corrected chi connectivity index (χ3v) is 6.44. The second kappa shape index (κ2) is 13.8. The van der Waals surface area contributed by atoms with Crippen LogP contribution in [-0.4, -0.2) is 67.4 Å². The van der Waals surface area contributed by atoms with Gasteiger partial charge in [0.2, 0.25) is 0 Å². The maximum absolute atomic E-state index is 6.14. The quantitative estimate of drug-likeness (QED) is 0.311. The Morgan fingerprint density at radius 1 is 1.31 bits per heavy atom. The minimum absolute atomic E-state index is 0. The van der Waals surface area contributed by atoms with E-state index >= 15 is 0 Å². The maximum Gasteiger partial charge on any atom is 0.193 e. The number of ether oxygens (including phenoxy) is 2. The van der Waals surface area contributed by atoms with Crippen LogP contribution in [0.5, 0.6) is 0 Å².